The van der Waals surface area contributed by atoms with Crippen molar-refractivity contribution in [1.82, 2.24) is 19.8 Å². The van der Waals surface area contributed by atoms with Crippen molar-refractivity contribution in [2.45, 2.75) is 45.6 Å². The first-order valence-corrected chi connectivity index (χ1v) is 11.5. The van der Waals surface area contributed by atoms with Gasteiger partial charge in [0, 0.05) is 37.2 Å². The summed E-state index contributed by atoms with van der Waals surface area (Å²) in [6.07, 6.45) is 5.22. The number of aromatic amines is 1. The zero-order chi connectivity index (χ0) is 21.4. The highest BCUT2D eigenvalue weighted by molar-refractivity contribution is 5.97. The highest BCUT2D eigenvalue weighted by atomic mass is 16.2. The largest absolute Gasteiger partial charge is 0.345 e. The van der Waals surface area contributed by atoms with Gasteiger partial charge in [0.05, 0.1) is 17.4 Å². The van der Waals surface area contributed by atoms with Crippen LogP contribution in [-0.4, -0.2) is 51.9 Å². The molecule has 2 saturated heterocycles. The third-order valence-corrected chi connectivity index (χ3v) is 7.19. The zero-order valence-corrected chi connectivity index (χ0v) is 18.6. The van der Waals surface area contributed by atoms with E-state index in [0.717, 1.165) is 55.7 Å². The fraction of sp³-hybridized carbons (Fsp3) is 0.462. The van der Waals surface area contributed by atoms with Crippen LogP contribution in [-0.2, 0) is 6.54 Å². The Morgan fingerprint density at radius 2 is 1.94 bits per heavy atom. The van der Waals surface area contributed by atoms with E-state index in [9.17, 15) is 4.79 Å². The highest BCUT2D eigenvalue weighted by Crippen LogP contribution is 2.40. The fourth-order valence-corrected chi connectivity index (χ4v) is 5.40. The number of imidazole rings is 1. The molecule has 162 valence electrons. The summed E-state index contributed by atoms with van der Waals surface area (Å²) >= 11 is 0. The summed E-state index contributed by atoms with van der Waals surface area (Å²) in [4.78, 5) is 25.2. The van der Waals surface area contributed by atoms with Crippen LogP contribution in [0.4, 0.5) is 0 Å². The number of benzene rings is 2. The molecule has 5 nitrogen and oxygen atoms in total. The van der Waals surface area contributed by atoms with E-state index < -0.39 is 0 Å². The summed E-state index contributed by atoms with van der Waals surface area (Å²) in [6, 6.07) is 14.9. The molecule has 0 radical (unpaired) electrons. The van der Waals surface area contributed by atoms with E-state index in [0.29, 0.717) is 5.92 Å². The van der Waals surface area contributed by atoms with Crippen LogP contribution in [0.3, 0.4) is 0 Å². The van der Waals surface area contributed by atoms with Gasteiger partial charge in [-0.2, -0.15) is 0 Å². The first-order valence-electron chi connectivity index (χ1n) is 11.5. The molecule has 2 aromatic carbocycles. The number of carbonyl (C=O) groups excluding carboxylic acids is 1. The van der Waals surface area contributed by atoms with Crippen LogP contribution in [0.1, 0.15) is 60.5 Å². The molecule has 2 fully saturated rings. The van der Waals surface area contributed by atoms with Crippen molar-refractivity contribution in [1.29, 1.82) is 0 Å². The van der Waals surface area contributed by atoms with Gasteiger partial charge in [-0.25, -0.2) is 4.98 Å². The van der Waals surface area contributed by atoms with Crippen molar-refractivity contribution < 1.29 is 4.79 Å². The normalized spacial score (nSPS) is 22.1. The van der Waals surface area contributed by atoms with E-state index in [4.69, 9.17) is 0 Å². The predicted molar refractivity (Wildman–Crippen MR) is 124 cm³/mol. The molecule has 1 spiro atoms. The highest BCUT2D eigenvalue weighted by Gasteiger charge is 2.42. The number of fused-ring (bicyclic) bond motifs is 1. The number of amides is 1. The maximum Gasteiger partial charge on any atom is 0.253 e. The van der Waals surface area contributed by atoms with Gasteiger partial charge < -0.3 is 9.88 Å². The molecule has 1 amide bonds. The van der Waals surface area contributed by atoms with Gasteiger partial charge in [0.1, 0.15) is 0 Å². The molecular weight excluding hydrogens is 384 g/mol. The van der Waals surface area contributed by atoms with Crippen molar-refractivity contribution in [3.63, 3.8) is 0 Å². The Hall–Kier alpha value is -2.66. The molecule has 5 heteroatoms. The van der Waals surface area contributed by atoms with E-state index in [-0.39, 0.29) is 11.3 Å². The lowest BCUT2D eigenvalue weighted by Crippen LogP contribution is -2.45. The van der Waals surface area contributed by atoms with Gasteiger partial charge in [0.25, 0.3) is 5.91 Å². The number of aromatic nitrogens is 2. The van der Waals surface area contributed by atoms with Crippen LogP contribution in [0.15, 0.2) is 48.8 Å². The summed E-state index contributed by atoms with van der Waals surface area (Å²) in [5.41, 5.74) is 5.61. The van der Waals surface area contributed by atoms with Gasteiger partial charge in [-0.3, -0.25) is 9.69 Å². The van der Waals surface area contributed by atoms with Gasteiger partial charge in [-0.15, -0.1) is 0 Å². The summed E-state index contributed by atoms with van der Waals surface area (Å²) in [5, 5.41) is 0. The third kappa shape index (κ3) is 4.11. The Bertz CT molecular complexity index is 1070. The Morgan fingerprint density at radius 1 is 1.10 bits per heavy atom. The molecule has 2 aliphatic rings. The quantitative estimate of drug-likeness (QED) is 0.664. The molecule has 1 aromatic heterocycles. The molecular formula is C26H32N4O. The predicted octanol–water partition coefficient (Wildman–Crippen LogP) is 4.81. The number of carbonyl (C=O) groups is 1. The Labute approximate surface area is 184 Å². The molecule has 5 rings (SSSR count). The lowest BCUT2D eigenvalue weighted by molar-refractivity contribution is 0.0675. The molecule has 1 atom stereocenters. The summed E-state index contributed by atoms with van der Waals surface area (Å²) < 4.78 is 0. The number of nitrogens with zero attached hydrogens (tertiary/aromatic N) is 3. The lowest BCUT2D eigenvalue weighted by Gasteiger charge is -2.40. The van der Waals surface area contributed by atoms with E-state index >= 15 is 0 Å². The number of piperidine rings is 1. The Kier molecular flexibility index (Phi) is 5.30. The third-order valence-electron chi connectivity index (χ3n) is 7.19. The van der Waals surface area contributed by atoms with E-state index in [2.05, 4.69) is 57.9 Å². The number of rotatable bonds is 4. The monoisotopic (exact) mass is 416 g/mol. The molecule has 3 heterocycles. The first kappa shape index (κ1) is 20.3. The second-order valence-electron chi connectivity index (χ2n) is 9.82. The SMILES string of the molecule is CC(C)c1ccc(CN2CCCC3(CCN(C(=O)c4ccc5nc[nH]c5c4)C3)C2)cc1. The number of nitrogens with one attached hydrogen (secondary N) is 1. The van der Waals surface area contributed by atoms with Crippen LogP contribution in [0.25, 0.3) is 11.0 Å². The molecule has 2 aliphatic heterocycles. The lowest BCUT2D eigenvalue weighted by atomic mass is 9.79. The molecule has 0 bridgehead atoms. The van der Waals surface area contributed by atoms with Gasteiger partial charge >= 0.3 is 0 Å². The smallest absolute Gasteiger partial charge is 0.253 e. The molecule has 1 N–H and O–H groups in total. The number of H-pyrrole nitrogens is 1. The zero-order valence-electron chi connectivity index (χ0n) is 18.6. The minimum atomic E-state index is 0.148. The van der Waals surface area contributed by atoms with Crippen LogP contribution in [0, 0.1) is 5.41 Å². The van der Waals surface area contributed by atoms with E-state index in [1.54, 1.807) is 6.33 Å². The molecule has 3 aromatic rings. The summed E-state index contributed by atoms with van der Waals surface area (Å²) in [5.74, 6) is 0.720. The van der Waals surface area contributed by atoms with Crippen LogP contribution in [0.5, 0.6) is 0 Å². The standard InChI is InChI=1S/C26H32N4O/c1-19(2)21-6-4-20(5-7-21)15-29-12-3-10-26(16-29)11-13-30(17-26)25(31)22-8-9-23-24(14-22)28-18-27-23/h4-9,14,18-19H,3,10-13,15-17H2,1-2H3,(H,27,28). The molecule has 0 saturated carbocycles. The maximum absolute atomic E-state index is 13.2. The fourth-order valence-electron chi connectivity index (χ4n) is 5.40. The average Bonchev–Trinajstić information content (AvgIpc) is 3.40. The van der Waals surface area contributed by atoms with Crippen LogP contribution >= 0.6 is 0 Å². The Balaban J connectivity index is 1.24. The second kappa shape index (κ2) is 8.12. The van der Waals surface area contributed by atoms with E-state index in [1.807, 2.05) is 18.2 Å². The molecule has 0 aliphatic carbocycles. The van der Waals surface area contributed by atoms with Crippen LogP contribution < -0.4 is 0 Å². The van der Waals surface area contributed by atoms with Crippen molar-refractivity contribution >= 4 is 16.9 Å². The average molecular weight is 417 g/mol. The number of likely N-dealkylation sites (tertiary alicyclic amines) is 2. The minimum absolute atomic E-state index is 0.148. The van der Waals surface area contributed by atoms with Gasteiger partial charge in [-0.05, 0) is 61.1 Å². The van der Waals surface area contributed by atoms with Gasteiger partial charge in [0.2, 0.25) is 0 Å². The minimum Gasteiger partial charge on any atom is -0.345 e. The van der Waals surface area contributed by atoms with Crippen molar-refractivity contribution in [3.05, 3.63) is 65.5 Å². The number of hydrogen-bond acceptors (Lipinski definition) is 3. The second-order valence-corrected chi connectivity index (χ2v) is 9.82. The first-order chi connectivity index (χ1) is 15.0. The van der Waals surface area contributed by atoms with Gasteiger partial charge in [-0.1, -0.05) is 38.1 Å². The summed E-state index contributed by atoms with van der Waals surface area (Å²) in [7, 11) is 0. The summed E-state index contributed by atoms with van der Waals surface area (Å²) in [6.45, 7) is 9.45. The van der Waals surface area contributed by atoms with Crippen molar-refractivity contribution in [3.8, 4) is 0 Å². The number of hydrogen-bond donors (Lipinski definition) is 1. The van der Waals surface area contributed by atoms with E-state index in [1.165, 1.54) is 24.0 Å². The topological polar surface area (TPSA) is 52.2 Å². The van der Waals surface area contributed by atoms with Crippen molar-refractivity contribution in [2.75, 3.05) is 26.2 Å². The molecule has 1 unspecified atom stereocenters. The van der Waals surface area contributed by atoms with Crippen molar-refractivity contribution in [2.24, 2.45) is 5.41 Å². The van der Waals surface area contributed by atoms with Gasteiger partial charge in [0.15, 0.2) is 0 Å². The van der Waals surface area contributed by atoms with Crippen LogP contribution in [0.2, 0.25) is 0 Å². The Morgan fingerprint density at radius 3 is 2.74 bits per heavy atom. The molecule has 31 heavy (non-hydrogen) atoms. The maximum atomic E-state index is 13.2.